The fourth-order valence-corrected chi connectivity index (χ4v) is 3.02. The van der Waals surface area contributed by atoms with Crippen molar-refractivity contribution < 1.29 is 9.84 Å². The van der Waals surface area contributed by atoms with Crippen LogP contribution in [0.4, 0.5) is 0 Å². The minimum atomic E-state index is -0.238. The third kappa shape index (κ3) is 2.46. The molecule has 1 aliphatic heterocycles. The number of aliphatic hydroxyl groups excluding tert-OH is 1. The number of hydrogen-bond acceptors (Lipinski definition) is 3. The van der Waals surface area contributed by atoms with Crippen LogP contribution in [0.25, 0.3) is 0 Å². The summed E-state index contributed by atoms with van der Waals surface area (Å²) in [5.74, 6) is 0. The van der Waals surface area contributed by atoms with Crippen LogP contribution in [0.15, 0.2) is 12.3 Å². The van der Waals surface area contributed by atoms with Gasteiger partial charge in [-0.3, -0.25) is 4.90 Å². The third-order valence-corrected chi connectivity index (χ3v) is 4.12. The van der Waals surface area contributed by atoms with E-state index in [1.165, 1.54) is 5.69 Å². The zero-order chi connectivity index (χ0) is 12.4. The summed E-state index contributed by atoms with van der Waals surface area (Å²) in [5, 5.41) is 9.95. The molecular weight excluding hydrogens is 228 g/mol. The lowest BCUT2D eigenvalue weighted by Gasteiger charge is -2.27. The highest BCUT2D eigenvalue weighted by atomic mass is 16.5. The van der Waals surface area contributed by atoms with Crippen LogP contribution < -0.4 is 0 Å². The van der Waals surface area contributed by atoms with Gasteiger partial charge in [-0.15, -0.1) is 0 Å². The lowest BCUT2D eigenvalue weighted by molar-refractivity contribution is 0.0363. The number of morpholine rings is 1. The van der Waals surface area contributed by atoms with Crippen molar-refractivity contribution in [2.45, 2.75) is 31.9 Å². The van der Waals surface area contributed by atoms with Gasteiger partial charge in [-0.25, -0.2) is 0 Å². The molecule has 1 aromatic rings. The van der Waals surface area contributed by atoms with Gasteiger partial charge in [-0.05, 0) is 25.3 Å². The van der Waals surface area contributed by atoms with Gasteiger partial charge in [0.05, 0.1) is 19.3 Å². The van der Waals surface area contributed by atoms with E-state index in [1.54, 1.807) is 0 Å². The van der Waals surface area contributed by atoms with Gasteiger partial charge in [0.15, 0.2) is 0 Å². The van der Waals surface area contributed by atoms with E-state index < -0.39 is 0 Å². The van der Waals surface area contributed by atoms with Crippen molar-refractivity contribution in [2.75, 3.05) is 32.8 Å². The number of nitrogens with zero attached hydrogens (tertiary/aromatic N) is 2. The Kier molecular flexibility index (Phi) is 3.68. The standard InChI is InChI=1S/C14H22N2O2/c17-14-3-1-2-13-12(14)4-5-16(13)7-6-15-8-10-18-11-9-15/h4-5,14,17H,1-3,6-11H2. The lowest BCUT2D eigenvalue weighted by atomic mass is 9.95. The number of rotatable bonds is 3. The van der Waals surface area contributed by atoms with Gasteiger partial charge in [0.1, 0.15) is 0 Å². The van der Waals surface area contributed by atoms with E-state index in [2.05, 4.69) is 21.7 Å². The first-order chi connectivity index (χ1) is 8.84. The Bertz CT molecular complexity index is 396. The van der Waals surface area contributed by atoms with Gasteiger partial charge in [0.2, 0.25) is 0 Å². The summed E-state index contributed by atoms with van der Waals surface area (Å²) >= 11 is 0. The molecule has 1 saturated heterocycles. The van der Waals surface area contributed by atoms with Gasteiger partial charge in [0, 0.05) is 43.6 Å². The molecule has 0 spiro atoms. The highest BCUT2D eigenvalue weighted by Gasteiger charge is 2.21. The van der Waals surface area contributed by atoms with Crippen LogP contribution in [-0.4, -0.2) is 47.4 Å². The summed E-state index contributed by atoms with van der Waals surface area (Å²) in [6.45, 7) is 5.94. The second kappa shape index (κ2) is 5.43. The Morgan fingerprint density at radius 2 is 2.11 bits per heavy atom. The smallest absolute Gasteiger partial charge is 0.0807 e. The van der Waals surface area contributed by atoms with E-state index in [0.29, 0.717) is 0 Å². The maximum absolute atomic E-state index is 9.95. The fourth-order valence-electron chi connectivity index (χ4n) is 3.02. The fraction of sp³-hybridized carbons (Fsp3) is 0.714. The minimum absolute atomic E-state index is 0.238. The molecule has 1 unspecified atom stereocenters. The van der Waals surface area contributed by atoms with Crippen LogP contribution in [0.2, 0.25) is 0 Å². The van der Waals surface area contributed by atoms with Crippen molar-refractivity contribution in [1.29, 1.82) is 0 Å². The monoisotopic (exact) mass is 250 g/mol. The molecule has 3 rings (SSSR count). The molecule has 0 radical (unpaired) electrons. The predicted molar refractivity (Wildman–Crippen MR) is 69.6 cm³/mol. The molecule has 0 amide bonds. The van der Waals surface area contributed by atoms with Crippen molar-refractivity contribution >= 4 is 0 Å². The van der Waals surface area contributed by atoms with Crippen molar-refractivity contribution in [3.8, 4) is 0 Å². The molecule has 1 atom stereocenters. The SMILES string of the molecule is OC1CCCc2c1ccn2CCN1CCOCC1. The maximum atomic E-state index is 9.95. The van der Waals surface area contributed by atoms with Gasteiger partial charge >= 0.3 is 0 Å². The van der Waals surface area contributed by atoms with E-state index in [-0.39, 0.29) is 6.10 Å². The van der Waals surface area contributed by atoms with E-state index in [1.807, 2.05) is 0 Å². The highest BCUT2D eigenvalue weighted by Crippen LogP contribution is 2.30. The van der Waals surface area contributed by atoms with Gasteiger partial charge in [-0.2, -0.15) is 0 Å². The Labute approximate surface area is 108 Å². The second-order valence-corrected chi connectivity index (χ2v) is 5.27. The van der Waals surface area contributed by atoms with Crippen molar-refractivity contribution in [1.82, 2.24) is 9.47 Å². The first-order valence-corrected chi connectivity index (χ1v) is 7.00. The average Bonchev–Trinajstić information content (AvgIpc) is 2.82. The number of ether oxygens (including phenoxy) is 1. The van der Waals surface area contributed by atoms with Gasteiger partial charge in [0.25, 0.3) is 0 Å². The first-order valence-electron chi connectivity index (χ1n) is 7.00. The summed E-state index contributed by atoms with van der Waals surface area (Å²) in [6.07, 6.45) is 5.04. The second-order valence-electron chi connectivity index (χ2n) is 5.27. The van der Waals surface area contributed by atoms with Crippen molar-refractivity contribution in [3.63, 3.8) is 0 Å². The van der Waals surface area contributed by atoms with Gasteiger partial charge < -0.3 is 14.4 Å². The van der Waals surface area contributed by atoms with Crippen LogP contribution in [-0.2, 0) is 17.7 Å². The predicted octanol–water partition coefficient (Wildman–Crippen LogP) is 1.19. The molecule has 2 aliphatic rings. The average molecular weight is 250 g/mol. The van der Waals surface area contributed by atoms with Crippen LogP contribution in [0.3, 0.4) is 0 Å². The highest BCUT2D eigenvalue weighted by molar-refractivity contribution is 5.27. The van der Waals surface area contributed by atoms with Crippen LogP contribution in [0.1, 0.15) is 30.2 Å². The Morgan fingerprint density at radius 3 is 2.94 bits per heavy atom. The van der Waals surface area contributed by atoms with Crippen LogP contribution in [0.5, 0.6) is 0 Å². The molecule has 4 heteroatoms. The molecule has 100 valence electrons. The maximum Gasteiger partial charge on any atom is 0.0807 e. The quantitative estimate of drug-likeness (QED) is 0.875. The third-order valence-electron chi connectivity index (χ3n) is 4.12. The molecule has 1 N–H and O–H groups in total. The van der Waals surface area contributed by atoms with Crippen molar-refractivity contribution in [3.05, 3.63) is 23.5 Å². The number of hydrogen-bond donors (Lipinski definition) is 1. The first kappa shape index (κ1) is 12.2. The number of fused-ring (bicyclic) bond motifs is 1. The topological polar surface area (TPSA) is 37.6 Å². The Balaban J connectivity index is 1.62. The summed E-state index contributed by atoms with van der Waals surface area (Å²) in [6, 6.07) is 2.10. The van der Waals surface area contributed by atoms with E-state index >= 15 is 0 Å². The molecule has 2 heterocycles. The molecule has 1 aliphatic carbocycles. The lowest BCUT2D eigenvalue weighted by Crippen LogP contribution is -2.38. The normalized spacial score (nSPS) is 25.1. The van der Waals surface area contributed by atoms with Gasteiger partial charge in [-0.1, -0.05) is 0 Å². The minimum Gasteiger partial charge on any atom is -0.388 e. The van der Waals surface area contributed by atoms with E-state index in [0.717, 1.165) is 64.2 Å². The summed E-state index contributed by atoms with van der Waals surface area (Å²) < 4.78 is 7.69. The zero-order valence-corrected chi connectivity index (χ0v) is 10.8. The Hall–Kier alpha value is -0.840. The molecule has 1 fully saturated rings. The molecule has 4 nitrogen and oxygen atoms in total. The number of aliphatic hydroxyl groups is 1. The zero-order valence-electron chi connectivity index (χ0n) is 10.8. The Morgan fingerprint density at radius 1 is 1.28 bits per heavy atom. The molecule has 1 aromatic heterocycles. The van der Waals surface area contributed by atoms with Crippen LogP contribution >= 0.6 is 0 Å². The molecule has 18 heavy (non-hydrogen) atoms. The number of aromatic nitrogens is 1. The summed E-state index contributed by atoms with van der Waals surface area (Å²) in [5.41, 5.74) is 2.50. The van der Waals surface area contributed by atoms with E-state index in [4.69, 9.17) is 4.74 Å². The van der Waals surface area contributed by atoms with Crippen molar-refractivity contribution in [2.24, 2.45) is 0 Å². The van der Waals surface area contributed by atoms with E-state index in [9.17, 15) is 5.11 Å². The van der Waals surface area contributed by atoms with Crippen LogP contribution in [0, 0.1) is 0 Å². The molecule has 0 saturated carbocycles. The largest absolute Gasteiger partial charge is 0.388 e. The molecule has 0 bridgehead atoms. The molecule has 0 aromatic carbocycles. The summed E-state index contributed by atoms with van der Waals surface area (Å²) in [7, 11) is 0. The molecular formula is C14H22N2O2. The summed E-state index contributed by atoms with van der Waals surface area (Å²) in [4.78, 5) is 2.45.